The number of carboxylic acid groups (broad SMARTS) is 2. The van der Waals surface area contributed by atoms with Crippen molar-refractivity contribution in [2.24, 2.45) is 0 Å². The highest BCUT2D eigenvalue weighted by molar-refractivity contribution is 5.94. The number of aromatic hydroxyl groups is 1. The zero-order valence-electron chi connectivity index (χ0n) is 8.91. The molecule has 96 valence electrons. The Hall–Kier alpha value is -2.77. The third-order valence-corrected chi connectivity index (χ3v) is 1.80. The number of amides is 1. The molecule has 0 saturated carbocycles. The zero-order valence-corrected chi connectivity index (χ0v) is 8.91. The predicted molar refractivity (Wildman–Crippen MR) is 57.7 cm³/mol. The van der Waals surface area contributed by atoms with Gasteiger partial charge >= 0.3 is 18.0 Å². The van der Waals surface area contributed by atoms with Crippen molar-refractivity contribution < 1.29 is 34.4 Å². The van der Waals surface area contributed by atoms with Crippen molar-refractivity contribution in [3.05, 3.63) is 23.8 Å². The van der Waals surface area contributed by atoms with Crippen LogP contribution in [0.2, 0.25) is 0 Å². The molecule has 0 spiro atoms. The van der Waals surface area contributed by atoms with Crippen LogP contribution >= 0.6 is 0 Å². The molecule has 8 nitrogen and oxygen atoms in total. The number of hydrogen-bond donors (Lipinski definition) is 4. The van der Waals surface area contributed by atoms with Crippen LogP contribution in [0.3, 0.4) is 0 Å². The smallest absolute Gasteiger partial charge is 0.412 e. The summed E-state index contributed by atoms with van der Waals surface area (Å²) >= 11 is 0. The number of carbonyl (C=O) groups is 3. The molecule has 0 fully saturated rings. The quantitative estimate of drug-likeness (QED) is 0.582. The van der Waals surface area contributed by atoms with Crippen LogP contribution in [0.5, 0.6) is 5.75 Å². The van der Waals surface area contributed by atoms with Crippen molar-refractivity contribution in [1.82, 2.24) is 0 Å². The number of phenols is 1. The molecule has 0 unspecified atom stereocenters. The van der Waals surface area contributed by atoms with Crippen LogP contribution in [0.4, 0.5) is 10.5 Å². The van der Waals surface area contributed by atoms with Crippen molar-refractivity contribution >= 4 is 23.7 Å². The first-order chi connectivity index (χ1) is 8.40. The standard InChI is InChI=1S/C10H9NO7/c12-7-2-1-5(3-6(7)9(15)16)11-10(17)18-4-8(13)14/h1-3,12H,4H2,(H,11,17)(H,13,14)(H,15,16). The number of anilines is 1. The molecule has 4 N–H and O–H groups in total. The number of hydrogen-bond acceptors (Lipinski definition) is 5. The minimum Gasteiger partial charge on any atom is -0.507 e. The second-order valence-electron chi connectivity index (χ2n) is 3.13. The number of ether oxygens (including phenoxy) is 1. The summed E-state index contributed by atoms with van der Waals surface area (Å²) in [6, 6.07) is 3.33. The highest BCUT2D eigenvalue weighted by Gasteiger charge is 2.12. The highest BCUT2D eigenvalue weighted by atomic mass is 16.6. The topological polar surface area (TPSA) is 133 Å². The summed E-state index contributed by atoms with van der Waals surface area (Å²) in [5, 5.41) is 28.3. The molecule has 1 amide bonds. The number of carboxylic acids is 2. The van der Waals surface area contributed by atoms with Gasteiger partial charge in [-0.3, -0.25) is 5.32 Å². The maximum atomic E-state index is 11.1. The second kappa shape index (κ2) is 5.53. The lowest BCUT2D eigenvalue weighted by Crippen LogP contribution is -2.18. The highest BCUT2D eigenvalue weighted by Crippen LogP contribution is 2.21. The fraction of sp³-hybridized carbons (Fsp3) is 0.100. The van der Waals surface area contributed by atoms with E-state index in [4.69, 9.17) is 10.2 Å². The summed E-state index contributed by atoms with van der Waals surface area (Å²) in [6.45, 7) is -0.810. The Morgan fingerprint density at radius 2 is 1.89 bits per heavy atom. The monoisotopic (exact) mass is 255 g/mol. The minimum atomic E-state index is -1.37. The summed E-state index contributed by atoms with van der Waals surface area (Å²) in [6.07, 6.45) is -1.04. The Kier molecular flexibility index (Phi) is 4.08. The average Bonchev–Trinajstić information content (AvgIpc) is 2.28. The second-order valence-corrected chi connectivity index (χ2v) is 3.13. The van der Waals surface area contributed by atoms with Gasteiger partial charge in [0.15, 0.2) is 6.61 Å². The van der Waals surface area contributed by atoms with Crippen molar-refractivity contribution in [2.45, 2.75) is 0 Å². The lowest BCUT2D eigenvalue weighted by Gasteiger charge is -2.06. The van der Waals surface area contributed by atoms with Gasteiger partial charge in [0.25, 0.3) is 0 Å². The minimum absolute atomic E-state index is 0.0561. The lowest BCUT2D eigenvalue weighted by molar-refractivity contribution is -0.140. The van der Waals surface area contributed by atoms with Crippen LogP contribution in [-0.2, 0) is 9.53 Å². The Morgan fingerprint density at radius 3 is 2.44 bits per heavy atom. The maximum absolute atomic E-state index is 11.1. The number of nitrogens with one attached hydrogen (secondary N) is 1. The molecule has 0 aliphatic heterocycles. The molecule has 0 aliphatic carbocycles. The van der Waals surface area contributed by atoms with Gasteiger partial charge in [0, 0.05) is 5.69 Å². The predicted octanol–water partition coefficient (Wildman–Crippen LogP) is 0.724. The lowest BCUT2D eigenvalue weighted by atomic mass is 10.2. The van der Waals surface area contributed by atoms with E-state index in [-0.39, 0.29) is 5.69 Å². The summed E-state index contributed by atoms with van der Waals surface area (Å²) < 4.78 is 4.28. The largest absolute Gasteiger partial charge is 0.507 e. The van der Waals surface area contributed by atoms with Crippen LogP contribution < -0.4 is 5.32 Å². The van der Waals surface area contributed by atoms with Gasteiger partial charge in [0.05, 0.1) is 0 Å². The van der Waals surface area contributed by atoms with Gasteiger partial charge in [0.1, 0.15) is 11.3 Å². The van der Waals surface area contributed by atoms with E-state index in [1.54, 1.807) is 0 Å². The number of aromatic carboxylic acids is 1. The maximum Gasteiger partial charge on any atom is 0.412 e. The molecule has 0 aromatic heterocycles. The molecule has 0 atom stereocenters. The van der Waals surface area contributed by atoms with E-state index in [1.807, 2.05) is 0 Å². The summed E-state index contributed by atoms with van der Waals surface area (Å²) in [4.78, 5) is 31.9. The van der Waals surface area contributed by atoms with Crippen LogP contribution in [0.1, 0.15) is 10.4 Å². The Morgan fingerprint density at radius 1 is 1.22 bits per heavy atom. The first kappa shape index (κ1) is 13.3. The fourth-order valence-corrected chi connectivity index (χ4v) is 1.07. The van der Waals surface area contributed by atoms with Crippen LogP contribution in [0.15, 0.2) is 18.2 Å². The molecule has 1 aromatic carbocycles. The van der Waals surface area contributed by atoms with E-state index in [0.717, 1.165) is 12.1 Å². The van der Waals surface area contributed by atoms with E-state index < -0.39 is 36.0 Å². The van der Waals surface area contributed by atoms with Gasteiger partial charge in [-0.05, 0) is 18.2 Å². The van der Waals surface area contributed by atoms with Crippen molar-refractivity contribution in [2.75, 3.05) is 11.9 Å². The molecule has 18 heavy (non-hydrogen) atoms. The third-order valence-electron chi connectivity index (χ3n) is 1.80. The van der Waals surface area contributed by atoms with Crippen molar-refractivity contribution in [1.29, 1.82) is 0 Å². The molecule has 8 heteroatoms. The first-order valence-electron chi connectivity index (χ1n) is 4.62. The first-order valence-corrected chi connectivity index (χ1v) is 4.62. The number of carbonyl (C=O) groups excluding carboxylic acids is 1. The Labute approximate surface area is 100 Å². The van der Waals surface area contributed by atoms with Gasteiger partial charge in [0.2, 0.25) is 0 Å². The third kappa shape index (κ3) is 3.67. The van der Waals surface area contributed by atoms with Crippen LogP contribution in [-0.4, -0.2) is 40.0 Å². The molecule has 0 heterocycles. The fourth-order valence-electron chi connectivity index (χ4n) is 1.07. The van der Waals surface area contributed by atoms with E-state index in [0.29, 0.717) is 0 Å². The number of aliphatic carboxylic acids is 1. The van der Waals surface area contributed by atoms with Gasteiger partial charge < -0.3 is 20.1 Å². The molecular formula is C10H9NO7. The van der Waals surface area contributed by atoms with Gasteiger partial charge in [-0.25, -0.2) is 14.4 Å². The average molecular weight is 255 g/mol. The van der Waals surface area contributed by atoms with E-state index in [2.05, 4.69) is 10.1 Å². The number of benzene rings is 1. The van der Waals surface area contributed by atoms with Crippen molar-refractivity contribution in [3.8, 4) is 5.75 Å². The SMILES string of the molecule is O=C(O)COC(=O)Nc1ccc(O)c(C(=O)O)c1. The van der Waals surface area contributed by atoms with Gasteiger partial charge in [-0.2, -0.15) is 0 Å². The van der Waals surface area contributed by atoms with E-state index in [9.17, 15) is 19.5 Å². The van der Waals surface area contributed by atoms with Crippen LogP contribution in [0, 0.1) is 0 Å². The van der Waals surface area contributed by atoms with E-state index in [1.165, 1.54) is 6.07 Å². The molecule has 1 aromatic rings. The summed E-state index contributed by atoms with van der Waals surface area (Å²) in [5.41, 5.74) is -0.341. The van der Waals surface area contributed by atoms with E-state index >= 15 is 0 Å². The molecule has 0 saturated heterocycles. The summed E-state index contributed by atoms with van der Waals surface area (Å²) in [5.74, 6) is -3.14. The van der Waals surface area contributed by atoms with Crippen LogP contribution in [0.25, 0.3) is 0 Å². The molecule has 1 rings (SSSR count). The number of rotatable bonds is 4. The Balaban J connectivity index is 2.73. The molecule has 0 radical (unpaired) electrons. The molecule has 0 aliphatic rings. The molecular weight excluding hydrogens is 246 g/mol. The van der Waals surface area contributed by atoms with Gasteiger partial charge in [-0.1, -0.05) is 0 Å². The Bertz CT molecular complexity index is 497. The normalized spacial score (nSPS) is 9.56. The summed E-state index contributed by atoms with van der Waals surface area (Å²) in [7, 11) is 0. The van der Waals surface area contributed by atoms with Crippen molar-refractivity contribution in [3.63, 3.8) is 0 Å². The zero-order chi connectivity index (χ0) is 13.7. The molecule has 0 bridgehead atoms. The van der Waals surface area contributed by atoms with Gasteiger partial charge in [-0.15, -0.1) is 0 Å².